The molecule has 0 aliphatic carbocycles. The fraction of sp³-hybridized carbons (Fsp3) is 0.0455. The molecule has 0 atom stereocenters. The smallest absolute Gasteiger partial charge is 0.251 e. The molecule has 1 N–H and O–H groups in total. The standard InChI is InChI=1S/C22H16N4O2/c27-22(23-13-17-14-26-11-5-4-8-20(26)24-17)16-9-10-19-18(12-16)21(28-25-19)15-6-2-1-3-7-15/h1-12,14H,13H2,(H,23,27). The van der Waals surface area contributed by atoms with Gasteiger partial charge in [-0.2, -0.15) is 0 Å². The summed E-state index contributed by atoms with van der Waals surface area (Å²) in [6.07, 6.45) is 3.84. The van der Waals surface area contributed by atoms with Crippen LogP contribution >= 0.6 is 0 Å². The van der Waals surface area contributed by atoms with Crippen molar-refractivity contribution in [3.63, 3.8) is 0 Å². The summed E-state index contributed by atoms with van der Waals surface area (Å²) in [6.45, 7) is 0.355. The molecule has 3 aromatic heterocycles. The van der Waals surface area contributed by atoms with Gasteiger partial charge in [-0.15, -0.1) is 0 Å². The first-order valence-corrected chi connectivity index (χ1v) is 8.93. The molecule has 6 heteroatoms. The lowest BCUT2D eigenvalue weighted by Crippen LogP contribution is -2.22. The Balaban J connectivity index is 1.40. The van der Waals surface area contributed by atoms with Gasteiger partial charge in [0.15, 0.2) is 5.76 Å². The number of rotatable bonds is 4. The monoisotopic (exact) mass is 368 g/mol. The summed E-state index contributed by atoms with van der Waals surface area (Å²) in [4.78, 5) is 17.1. The first-order valence-electron chi connectivity index (χ1n) is 8.93. The number of fused-ring (bicyclic) bond motifs is 2. The number of nitrogens with one attached hydrogen (secondary N) is 1. The number of carbonyl (C=O) groups is 1. The van der Waals surface area contributed by atoms with Crippen LogP contribution in [0.2, 0.25) is 0 Å². The van der Waals surface area contributed by atoms with Gasteiger partial charge in [-0.3, -0.25) is 4.79 Å². The zero-order valence-corrected chi connectivity index (χ0v) is 14.9. The van der Waals surface area contributed by atoms with Gasteiger partial charge in [-0.1, -0.05) is 41.6 Å². The Labute approximate surface area is 160 Å². The van der Waals surface area contributed by atoms with Crippen molar-refractivity contribution < 1.29 is 9.32 Å². The van der Waals surface area contributed by atoms with Gasteiger partial charge in [-0.25, -0.2) is 4.98 Å². The minimum absolute atomic E-state index is 0.167. The largest absolute Gasteiger partial charge is 0.355 e. The SMILES string of the molecule is O=C(NCc1cn2ccccc2n1)c1ccc2noc(-c3ccccc3)c2c1. The molecule has 0 radical (unpaired) electrons. The Kier molecular flexibility index (Phi) is 3.87. The summed E-state index contributed by atoms with van der Waals surface area (Å²) in [6, 6.07) is 20.9. The quantitative estimate of drug-likeness (QED) is 0.519. The fourth-order valence-electron chi connectivity index (χ4n) is 3.23. The van der Waals surface area contributed by atoms with Crippen LogP contribution in [-0.4, -0.2) is 20.4 Å². The maximum atomic E-state index is 12.6. The zero-order chi connectivity index (χ0) is 18.9. The Morgan fingerprint density at radius 3 is 2.75 bits per heavy atom. The summed E-state index contributed by atoms with van der Waals surface area (Å²) in [5.74, 6) is 0.491. The number of nitrogens with zero attached hydrogens (tertiary/aromatic N) is 3. The minimum atomic E-state index is -0.167. The van der Waals surface area contributed by atoms with Crippen molar-refractivity contribution in [1.82, 2.24) is 19.9 Å². The number of pyridine rings is 1. The fourth-order valence-corrected chi connectivity index (χ4v) is 3.23. The van der Waals surface area contributed by atoms with E-state index in [4.69, 9.17) is 4.52 Å². The molecule has 5 rings (SSSR count). The van der Waals surface area contributed by atoms with E-state index in [0.29, 0.717) is 17.9 Å². The van der Waals surface area contributed by atoms with E-state index in [2.05, 4.69) is 15.5 Å². The molecule has 0 saturated carbocycles. The molecule has 0 bridgehead atoms. The predicted molar refractivity (Wildman–Crippen MR) is 106 cm³/mol. The highest BCUT2D eigenvalue weighted by atomic mass is 16.5. The van der Waals surface area contributed by atoms with Gasteiger partial charge in [0.25, 0.3) is 5.91 Å². The van der Waals surface area contributed by atoms with Crippen molar-refractivity contribution in [2.45, 2.75) is 6.54 Å². The van der Waals surface area contributed by atoms with Gasteiger partial charge in [0.1, 0.15) is 11.2 Å². The van der Waals surface area contributed by atoms with Crippen LogP contribution in [0.5, 0.6) is 0 Å². The van der Waals surface area contributed by atoms with E-state index in [9.17, 15) is 4.79 Å². The van der Waals surface area contributed by atoms with Gasteiger partial charge in [0, 0.05) is 23.5 Å². The molecule has 0 aliphatic heterocycles. The molecule has 6 nitrogen and oxygen atoms in total. The van der Waals surface area contributed by atoms with Crippen LogP contribution in [-0.2, 0) is 6.54 Å². The van der Waals surface area contributed by atoms with Gasteiger partial charge in [0.2, 0.25) is 0 Å². The van der Waals surface area contributed by atoms with E-state index in [1.54, 1.807) is 12.1 Å². The molecule has 136 valence electrons. The number of carbonyl (C=O) groups excluding carboxylic acids is 1. The third-order valence-corrected chi connectivity index (χ3v) is 4.62. The van der Waals surface area contributed by atoms with E-state index in [-0.39, 0.29) is 5.91 Å². The first kappa shape index (κ1) is 16.3. The van der Waals surface area contributed by atoms with E-state index in [0.717, 1.165) is 27.8 Å². The van der Waals surface area contributed by atoms with Crippen LogP contribution in [0, 0.1) is 0 Å². The Bertz CT molecular complexity index is 1250. The molecule has 0 aliphatic rings. The highest BCUT2D eigenvalue weighted by Crippen LogP contribution is 2.29. The number of hydrogen-bond acceptors (Lipinski definition) is 4. The Morgan fingerprint density at radius 1 is 1.04 bits per heavy atom. The highest BCUT2D eigenvalue weighted by Gasteiger charge is 2.14. The topological polar surface area (TPSA) is 72.4 Å². The number of aromatic nitrogens is 3. The van der Waals surface area contributed by atoms with Gasteiger partial charge in [0.05, 0.1) is 17.6 Å². The molecular weight excluding hydrogens is 352 g/mol. The Hall–Kier alpha value is -3.93. The minimum Gasteiger partial charge on any atom is -0.355 e. The molecule has 5 aromatic rings. The van der Waals surface area contributed by atoms with Crippen molar-refractivity contribution in [1.29, 1.82) is 0 Å². The maximum absolute atomic E-state index is 12.6. The Morgan fingerprint density at radius 2 is 1.89 bits per heavy atom. The van der Waals surface area contributed by atoms with Crippen LogP contribution in [0.25, 0.3) is 27.9 Å². The third kappa shape index (κ3) is 2.91. The lowest BCUT2D eigenvalue weighted by atomic mass is 10.1. The van der Waals surface area contributed by atoms with Gasteiger partial charge >= 0.3 is 0 Å². The summed E-state index contributed by atoms with van der Waals surface area (Å²) >= 11 is 0. The predicted octanol–water partition coefficient (Wildman–Crippen LogP) is 4.07. The summed E-state index contributed by atoms with van der Waals surface area (Å²) < 4.78 is 7.43. The van der Waals surface area contributed by atoms with E-state index in [1.807, 2.05) is 71.4 Å². The van der Waals surface area contributed by atoms with E-state index in [1.165, 1.54) is 0 Å². The summed E-state index contributed by atoms with van der Waals surface area (Å²) in [7, 11) is 0. The molecule has 0 fully saturated rings. The van der Waals surface area contributed by atoms with Crippen LogP contribution in [0.1, 0.15) is 16.1 Å². The van der Waals surface area contributed by atoms with Crippen molar-refractivity contribution in [3.05, 3.63) is 90.4 Å². The van der Waals surface area contributed by atoms with Crippen molar-refractivity contribution >= 4 is 22.5 Å². The van der Waals surface area contributed by atoms with E-state index < -0.39 is 0 Å². The lowest BCUT2D eigenvalue weighted by molar-refractivity contribution is 0.0950. The molecule has 3 heterocycles. The number of amides is 1. The van der Waals surface area contributed by atoms with Crippen LogP contribution < -0.4 is 5.32 Å². The first-order chi connectivity index (χ1) is 13.8. The van der Waals surface area contributed by atoms with E-state index >= 15 is 0 Å². The van der Waals surface area contributed by atoms with Crippen molar-refractivity contribution in [2.24, 2.45) is 0 Å². The summed E-state index contributed by atoms with van der Waals surface area (Å²) in [5.41, 5.74) is 3.85. The lowest BCUT2D eigenvalue weighted by Gasteiger charge is -2.03. The second-order valence-corrected chi connectivity index (χ2v) is 6.49. The molecule has 0 spiro atoms. The van der Waals surface area contributed by atoms with Gasteiger partial charge < -0.3 is 14.2 Å². The number of benzene rings is 2. The van der Waals surface area contributed by atoms with Crippen molar-refractivity contribution in [3.8, 4) is 11.3 Å². The number of imidazole rings is 1. The average Bonchev–Trinajstić information content (AvgIpc) is 3.35. The summed E-state index contributed by atoms with van der Waals surface area (Å²) in [5, 5.41) is 7.83. The zero-order valence-electron chi connectivity index (χ0n) is 14.9. The second-order valence-electron chi connectivity index (χ2n) is 6.49. The van der Waals surface area contributed by atoms with Gasteiger partial charge in [-0.05, 0) is 30.3 Å². The van der Waals surface area contributed by atoms with Crippen LogP contribution in [0.4, 0.5) is 0 Å². The molecular formula is C22H16N4O2. The molecule has 1 amide bonds. The molecule has 2 aromatic carbocycles. The maximum Gasteiger partial charge on any atom is 0.251 e. The van der Waals surface area contributed by atoms with Crippen LogP contribution in [0.3, 0.4) is 0 Å². The average molecular weight is 368 g/mol. The van der Waals surface area contributed by atoms with Crippen molar-refractivity contribution in [2.75, 3.05) is 0 Å². The molecule has 28 heavy (non-hydrogen) atoms. The number of hydrogen-bond donors (Lipinski definition) is 1. The normalized spacial score (nSPS) is 11.1. The second kappa shape index (κ2) is 6.66. The third-order valence-electron chi connectivity index (χ3n) is 4.62. The highest BCUT2D eigenvalue weighted by molar-refractivity contribution is 6.00. The molecule has 0 saturated heterocycles. The van der Waals surface area contributed by atoms with Crippen LogP contribution in [0.15, 0.2) is 83.6 Å². The molecule has 0 unspecified atom stereocenters.